The second kappa shape index (κ2) is 18.8. The summed E-state index contributed by atoms with van der Waals surface area (Å²) in [6, 6.07) is 10.1. The molecule has 0 aliphatic rings. The number of nitrogens with zero attached hydrogens (tertiary/aromatic N) is 2. The van der Waals surface area contributed by atoms with Crippen molar-refractivity contribution in [2.45, 2.75) is 13.5 Å². The van der Waals surface area contributed by atoms with Gasteiger partial charge in [0, 0.05) is 17.8 Å². The monoisotopic (exact) mass is 608 g/mol. The number of rotatable bonds is 6. The van der Waals surface area contributed by atoms with E-state index in [-0.39, 0.29) is 144 Å². The third-order valence-electron chi connectivity index (χ3n) is 2.75. The predicted octanol–water partition coefficient (Wildman–Crippen LogP) is -5.27. The van der Waals surface area contributed by atoms with Gasteiger partial charge < -0.3 is 19.7 Å². The molecule has 2 aromatic rings. The number of carbonyl (C=O) groups is 2. The molecule has 0 atom stereocenters. The predicted molar refractivity (Wildman–Crippen MR) is 88.8 cm³/mol. The van der Waals surface area contributed by atoms with Crippen LogP contribution in [0.15, 0.2) is 54.9 Å². The first-order valence-electron chi connectivity index (χ1n) is 7.48. The number of esters is 1. The quantitative estimate of drug-likeness (QED) is 0.240. The third kappa shape index (κ3) is 16.3. The van der Waals surface area contributed by atoms with Crippen molar-refractivity contribution in [1.82, 2.24) is 9.78 Å². The fourth-order valence-electron chi connectivity index (χ4n) is 1.78. The molecule has 0 N–H and O–H groups in total. The molecule has 0 radical (unpaired) electrons. The molecule has 1 aromatic heterocycles. The molecule has 0 amide bonds. The molecule has 9 heteroatoms. The Morgan fingerprint density at radius 1 is 1.11 bits per heavy atom. The average molecular weight is 608 g/mol. The fourth-order valence-corrected chi connectivity index (χ4v) is 1.78. The van der Waals surface area contributed by atoms with E-state index in [4.69, 9.17) is 19.7 Å². The number of hydrogen-bond donors (Lipinski definition) is 0. The van der Waals surface area contributed by atoms with E-state index in [9.17, 15) is 4.79 Å². The largest absolute Gasteiger partial charge is 1.00 e. The van der Waals surface area contributed by atoms with Crippen LogP contribution in [0.3, 0.4) is 0 Å². The Labute approximate surface area is 276 Å². The summed E-state index contributed by atoms with van der Waals surface area (Å²) in [5, 5.41) is 20.9. The summed E-state index contributed by atoms with van der Waals surface area (Å²) in [4.78, 5) is 19.5. The van der Waals surface area contributed by atoms with Gasteiger partial charge in [0.25, 0.3) is 0 Å². The van der Waals surface area contributed by atoms with Crippen molar-refractivity contribution in [3.8, 4) is 0 Å². The molecule has 0 aliphatic heterocycles. The second-order valence-electron chi connectivity index (χ2n) is 4.64. The van der Waals surface area contributed by atoms with Crippen molar-refractivity contribution in [2.24, 2.45) is 0 Å². The summed E-state index contributed by atoms with van der Waals surface area (Å²) in [5.41, 5.74) is 2.03. The van der Waals surface area contributed by atoms with E-state index >= 15 is 0 Å². The molecule has 132 valence electrons. The van der Waals surface area contributed by atoms with E-state index in [2.05, 4.69) is 11.2 Å². The smallest absolute Gasteiger partial charge is 0.652 e. The minimum Gasteiger partial charge on any atom is -0.652 e. The van der Waals surface area contributed by atoms with Gasteiger partial charge in [-0.1, -0.05) is 42.5 Å². The minimum atomic E-state index is -2.33. The second-order valence-corrected chi connectivity index (χ2v) is 4.64. The van der Waals surface area contributed by atoms with Gasteiger partial charge >= 0.3 is 144 Å². The summed E-state index contributed by atoms with van der Waals surface area (Å²) in [5.74, 6) is -0.339. The molecule has 0 saturated heterocycles. The SMILES string of the molecule is CCOC(=O)/C=C/c1cnn(CC=Cc2ccccc2)c1.O=C([O-])[O-].[Cs+].[Cs+]. The van der Waals surface area contributed by atoms with Gasteiger partial charge in [-0.15, -0.1) is 0 Å². The van der Waals surface area contributed by atoms with E-state index in [1.165, 1.54) is 6.08 Å². The van der Waals surface area contributed by atoms with E-state index in [0.717, 1.165) is 11.1 Å². The van der Waals surface area contributed by atoms with Gasteiger partial charge in [0.15, 0.2) is 0 Å². The molecule has 0 bridgehead atoms. The minimum absolute atomic E-state index is 0. The Morgan fingerprint density at radius 3 is 2.33 bits per heavy atom. The van der Waals surface area contributed by atoms with Crippen LogP contribution in [0.25, 0.3) is 12.2 Å². The van der Waals surface area contributed by atoms with E-state index < -0.39 is 6.16 Å². The Balaban J connectivity index is 0. The van der Waals surface area contributed by atoms with Crippen LogP contribution in [0.1, 0.15) is 18.1 Å². The van der Waals surface area contributed by atoms with Crippen LogP contribution in [-0.2, 0) is 16.1 Å². The number of ether oxygens (including phenoxy) is 1. The third-order valence-corrected chi connectivity index (χ3v) is 2.75. The van der Waals surface area contributed by atoms with Crippen molar-refractivity contribution in [3.05, 3.63) is 66.0 Å². The van der Waals surface area contributed by atoms with Crippen LogP contribution < -0.4 is 148 Å². The first-order chi connectivity index (χ1) is 12.0. The molecule has 27 heavy (non-hydrogen) atoms. The zero-order chi connectivity index (χ0) is 18.5. The van der Waals surface area contributed by atoms with Gasteiger partial charge in [0.1, 0.15) is 0 Å². The number of hydrogen-bond acceptors (Lipinski definition) is 6. The van der Waals surface area contributed by atoms with Gasteiger partial charge in [0.05, 0.1) is 19.3 Å². The number of carbonyl (C=O) groups excluding carboxylic acids is 2. The average Bonchev–Trinajstić information content (AvgIpc) is 3.02. The number of carboxylic acid groups (broad SMARTS) is 2. The molecule has 0 saturated carbocycles. The Morgan fingerprint density at radius 2 is 1.74 bits per heavy atom. The van der Waals surface area contributed by atoms with Crippen LogP contribution in [0.2, 0.25) is 0 Å². The number of aromatic nitrogens is 2. The maximum absolute atomic E-state index is 11.2. The molecule has 0 fully saturated rings. The maximum atomic E-state index is 11.2. The van der Waals surface area contributed by atoms with Crippen LogP contribution in [0.5, 0.6) is 0 Å². The van der Waals surface area contributed by atoms with E-state index in [1.54, 1.807) is 19.2 Å². The zero-order valence-electron chi connectivity index (χ0n) is 15.7. The summed E-state index contributed by atoms with van der Waals surface area (Å²) < 4.78 is 6.63. The van der Waals surface area contributed by atoms with Crippen molar-refractivity contribution in [2.75, 3.05) is 6.61 Å². The standard InChI is InChI=1S/C17H18N2O2.CH2O3.2Cs/c1-2-21-17(20)11-10-16-13-18-19(14-16)12-6-9-15-7-4-3-5-8-15;2-1(3)4;;/h3-11,13-14H,2,12H2,1H3;(H2,2,3,4);;/q;;2*+1/p-2/b9-6?,11-10+;;;. The van der Waals surface area contributed by atoms with Gasteiger partial charge in [-0.3, -0.25) is 4.68 Å². The summed E-state index contributed by atoms with van der Waals surface area (Å²) in [7, 11) is 0. The molecule has 1 aromatic carbocycles. The summed E-state index contributed by atoms with van der Waals surface area (Å²) >= 11 is 0. The molecule has 0 unspecified atom stereocenters. The molecule has 0 aliphatic carbocycles. The van der Waals surface area contributed by atoms with Gasteiger partial charge in [-0.05, 0) is 24.7 Å². The molecule has 0 spiro atoms. The Bertz CT molecular complexity index is 726. The van der Waals surface area contributed by atoms with Crippen LogP contribution in [0.4, 0.5) is 4.79 Å². The molecule has 2 rings (SSSR count). The first-order valence-corrected chi connectivity index (χ1v) is 7.48. The molecular formula is C18H18Cs2N2O5. The van der Waals surface area contributed by atoms with Gasteiger partial charge in [-0.2, -0.15) is 5.10 Å². The van der Waals surface area contributed by atoms with Crippen molar-refractivity contribution in [3.63, 3.8) is 0 Å². The maximum Gasteiger partial charge on any atom is 1.00 e. The van der Waals surface area contributed by atoms with E-state index in [0.29, 0.717) is 13.2 Å². The fraction of sp³-hybridized carbons (Fsp3) is 0.167. The number of allylic oxidation sites excluding steroid dienone is 1. The van der Waals surface area contributed by atoms with Gasteiger partial charge in [0.2, 0.25) is 0 Å². The van der Waals surface area contributed by atoms with Crippen molar-refractivity contribution in [1.29, 1.82) is 0 Å². The first kappa shape index (κ1) is 30.0. The zero-order valence-corrected chi connectivity index (χ0v) is 28.3. The van der Waals surface area contributed by atoms with Crippen molar-refractivity contribution >= 4 is 24.3 Å². The number of benzene rings is 1. The Kier molecular flexibility index (Phi) is 20.8. The summed E-state index contributed by atoms with van der Waals surface area (Å²) in [6.07, 6.45) is 8.46. The van der Waals surface area contributed by atoms with Gasteiger partial charge in [-0.25, -0.2) is 4.79 Å². The van der Waals surface area contributed by atoms with E-state index in [1.807, 2.05) is 47.3 Å². The van der Waals surface area contributed by atoms with Crippen LogP contribution in [-0.4, -0.2) is 28.5 Å². The normalized spacial score (nSPS) is 9.67. The van der Waals surface area contributed by atoms with Crippen molar-refractivity contribution < 1.29 is 162 Å². The Hall–Kier alpha value is 0.754. The molecule has 7 nitrogen and oxygen atoms in total. The molecular weight excluding hydrogens is 590 g/mol. The molecule has 1 heterocycles. The topological polar surface area (TPSA) is 107 Å². The van der Waals surface area contributed by atoms with Crippen LogP contribution in [0, 0.1) is 0 Å². The van der Waals surface area contributed by atoms with Crippen LogP contribution >= 0.6 is 0 Å². The summed E-state index contributed by atoms with van der Waals surface area (Å²) in [6.45, 7) is 2.84.